The van der Waals surface area contributed by atoms with E-state index in [1.54, 1.807) is 12.1 Å². The van der Waals surface area contributed by atoms with Gasteiger partial charge in [-0.25, -0.2) is 4.79 Å². The van der Waals surface area contributed by atoms with E-state index < -0.39 is 0 Å². The number of rotatable bonds is 6. The summed E-state index contributed by atoms with van der Waals surface area (Å²) in [7, 11) is 0. The van der Waals surface area contributed by atoms with Crippen LogP contribution in [0, 0.1) is 0 Å². The third kappa shape index (κ3) is 5.26. The molecule has 0 atom stereocenters. The van der Waals surface area contributed by atoms with Gasteiger partial charge in [0.1, 0.15) is 11.5 Å². The first-order chi connectivity index (χ1) is 12.7. The number of carbonyl (C=O) groups is 1. The summed E-state index contributed by atoms with van der Waals surface area (Å²) in [4.78, 5) is 12.0. The summed E-state index contributed by atoms with van der Waals surface area (Å²) in [6.07, 6.45) is 0.678. The molecule has 0 saturated carbocycles. The molecule has 0 fully saturated rings. The fraction of sp³-hybridized carbons (Fsp3) is 0.0952. The predicted molar refractivity (Wildman–Crippen MR) is 105 cm³/mol. The number of para-hydroxylation sites is 1. The van der Waals surface area contributed by atoms with E-state index in [0.29, 0.717) is 29.4 Å². The molecule has 0 saturated heterocycles. The number of anilines is 1. The molecule has 132 valence electrons. The Morgan fingerprint density at radius 2 is 1.50 bits per heavy atom. The van der Waals surface area contributed by atoms with Crippen LogP contribution in [0.3, 0.4) is 0 Å². The van der Waals surface area contributed by atoms with Crippen molar-refractivity contribution in [2.45, 2.75) is 6.42 Å². The van der Waals surface area contributed by atoms with Crippen LogP contribution in [0.25, 0.3) is 0 Å². The highest BCUT2D eigenvalue weighted by molar-refractivity contribution is 6.31. The largest absolute Gasteiger partial charge is 0.457 e. The smallest absolute Gasteiger partial charge is 0.319 e. The molecule has 0 aliphatic carbocycles. The number of halogens is 1. The maximum atomic E-state index is 12.0. The fourth-order valence-corrected chi connectivity index (χ4v) is 2.65. The van der Waals surface area contributed by atoms with E-state index in [1.807, 2.05) is 66.7 Å². The number of amides is 2. The Kier molecular flexibility index (Phi) is 6.12. The summed E-state index contributed by atoms with van der Waals surface area (Å²) in [5, 5.41) is 6.33. The molecule has 0 aromatic heterocycles. The summed E-state index contributed by atoms with van der Waals surface area (Å²) in [6, 6.07) is 24.1. The highest BCUT2D eigenvalue weighted by Crippen LogP contribution is 2.22. The first-order valence-electron chi connectivity index (χ1n) is 8.32. The van der Waals surface area contributed by atoms with E-state index in [2.05, 4.69) is 10.6 Å². The zero-order valence-electron chi connectivity index (χ0n) is 14.1. The molecule has 26 heavy (non-hydrogen) atoms. The second-order valence-corrected chi connectivity index (χ2v) is 6.07. The molecule has 5 heteroatoms. The van der Waals surface area contributed by atoms with Gasteiger partial charge in [0, 0.05) is 17.3 Å². The minimum absolute atomic E-state index is 0.256. The van der Waals surface area contributed by atoms with Gasteiger partial charge < -0.3 is 15.4 Å². The summed E-state index contributed by atoms with van der Waals surface area (Å²) in [6.45, 7) is 0.505. The van der Waals surface area contributed by atoms with E-state index in [1.165, 1.54) is 0 Å². The van der Waals surface area contributed by atoms with Crippen LogP contribution in [0.5, 0.6) is 11.5 Å². The molecule has 0 spiro atoms. The average molecular weight is 367 g/mol. The van der Waals surface area contributed by atoms with E-state index in [-0.39, 0.29) is 6.03 Å². The van der Waals surface area contributed by atoms with Crippen molar-refractivity contribution >= 4 is 23.3 Å². The van der Waals surface area contributed by atoms with Gasteiger partial charge in [0.25, 0.3) is 0 Å². The molecule has 0 bridgehead atoms. The van der Waals surface area contributed by atoms with Gasteiger partial charge in [-0.1, -0.05) is 48.0 Å². The monoisotopic (exact) mass is 366 g/mol. The van der Waals surface area contributed by atoms with Gasteiger partial charge in [-0.15, -0.1) is 0 Å². The first-order valence-corrected chi connectivity index (χ1v) is 8.70. The number of urea groups is 1. The predicted octanol–water partition coefficient (Wildman–Crippen LogP) is 5.50. The summed E-state index contributed by atoms with van der Waals surface area (Å²) >= 11 is 6.10. The van der Waals surface area contributed by atoms with E-state index in [9.17, 15) is 4.79 Å². The molecule has 0 aliphatic rings. The highest BCUT2D eigenvalue weighted by Gasteiger charge is 2.04. The fourth-order valence-electron chi connectivity index (χ4n) is 2.42. The van der Waals surface area contributed by atoms with Gasteiger partial charge in [0.15, 0.2) is 0 Å². The second kappa shape index (κ2) is 8.92. The van der Waals surface area contributed by atoms with Gasteiger partial charge in [-0.05, 0) is 54.4 Å². The molecule has 0 heterocycles. The SMILES string of the molecule is O=C(NCCc1ccccc1Cl)Nc1ccc(Oc2ccccc2)cc1. The van der Waals surface area contributed by atoms with Gasteiger partial charge in [-0.3, -0.25) is 0 Å². The van der Waals surface area contributed by atoms with Crippen LogP contribution in [-0.4, -0.2) is 12.6 Å². The summed E-state index contributed by atoms with van der Waals surface area (Å²) < 4.78 is 5.72. The molecule has 3 rings (SSSR count). The Morgan fingerprint density at radius 1 is 0.846 bits per heavy atom. The third-order valence-corrected chi connectivity index (χ3v) is 4.10. The van der Waals surface area contributed by atoms with Crippen molar-refractivity contribution in [1.82, 2.24) is 5.32 Å². The van der Waals surface area contributed by atoms with Gasteiger partial charge in [0.2, 0.25) is 0 Å². The lowest BCUT2D eigenvalue weighted by Gasteiger charge is -2.10. The van der Waals surface area contributed by atoms with E-state index in [0.717, 1.165) is 11.3 Å². The number of nitrogens with one attached hydrogen (secondary N) is 2. The maximum absolute atomic E-state index is 12.0. The van der Waals surface area contributed by atoms with Crippen molar-refractivity contribution in [2.24, 2.45) is 0 Å². The van der Waals surface area contributed by atoms with Crippen LogP contribution < -0.4 is 15.4 Å². The molecule has 0 aliphatic heterocycles. The lowest BCUT2D eigenvalue weighted by Crippen LogP contribution is -2.30. The van der Waals surface area contributed by atoms with Crippen LogP contribution in [0.1, 0.15) is 5.56 Å². The number of ether oxygens (including phenoxy) is 1. The number of hydrogen-bond donors (Lipinski definition) is 2. The topological polar surface area (TPSA) is 50.4 Å². The van der Waals surface area contributed by atoms with E-state index >= 15 is 0 Å². The molecule has 2 amide bonds. The lowest BCUT2D eigenvalue weighted by molar-refractivity contribution is 0.252. The standard InChI is InChI=1S/C21H19ClN2O2/c22-20-9-5-4-6-16(20)14-15-23-21(25)24-17-10-12-19(13-11-17)26-18-7-2-1-3-8-18/h1-13H,14-15H2,(H2,23,24,25). The molecule has 3 aromatic rings. The summed E-state index contributed by atoms with van der Waals surface area (Å²) in [5.74, 6) is 1.48. The number of benzene rings is 3. The van der Waals surface area contributed by atoms with Crippen LogP contribution in [0.4, 0.5) is 10.5 Å². The van der Waals surface area contributed by atoms with Crippen molar-refractivity contribution < 1.29 is 9.53 Å². The van der Waals surface area contributed by atoms with E-state index in [4.69, 9.17) is 16.3 Å². The molecular formula is C21H19ClN2O2. The number of carbonyl (C=O) groups excluding carboxylic acids is 1. The zero-order valence-corrected chi connectivity index (χ0v) is 14.9. The van der Waals surface area contributed by atoms with Crippen molar-refractivity contribution in [3.05, 3.63) is 89.4 Å². The van der Waals surface area contributed by atoms with Crippen LogP contribution >= 0.6 is 11.6 Å². The minimum atomic E-state index is -0.256. The molecule has 0 unspecified atom stereocenters. The molecule has 2 N–H and O–H groups in total. The highest BCUT2D eigenvalue weighted by atomic mass is 35.5. The molecule has 4 nitrogen and oxygen atoms in total. The Labute approximate surface area is 157 Å². The molecular weight excluding hydrogens is 348 g/mol. The van der Waals surface area contributed by atoms with Crippen molar-refractivity contribution in [3.63, 3.8) is 0 Å². The Morgan fingerprint density at radius 3 is 2.23 bits per heavy atom. The van der Waals surface area contributed by atoms with Crippen LogP contribution in [0.2, 0.25) is 5.02 Å². The Hall–Kier alpha value is -2.98. The van der Waals surface area contributed by atoms with Gasteiger partial charge in [-0.2, -0.15) is 0 Å². The lowest BCUT2D eigenvalue weighted by atomic mass is 10.1. The zero-order chi connectivity index (χ0) is 18.2. The number of hydrogen-bond acceptors (Lipinski definition) is 2. The quantitative estimate of drug-likeness (QED) is 0.605. The molecule has 0 radical (unpaired) electrons. The van der Waals surface area contributed by atoms with Crippen LogP contribution in [-0.2, 0) is 6.42 Å². The third-order valence-electron chi connectivity index (χ3n) is 3.73. The van der Waals surface area contributed by atoms with Crippen molar-refractivity contribution in [3.8, 4) is 11.5 Å². The summed E-state index contributed by atoms with van der Waals surface area (Å²) in [5.41, 5.74) is 1.71. The molecule has 3 aromatic carbocycles. The van der Waals surface area contributed by atoms with Crippen molar-refractivity contribution in [2.75, 3.05) is 11.9 Å². The second-order valence-electron chi connectivity index (χ2n) is 5.66. The Balaban J connectivity index is 1.46. The first kappa shape index (κ1) is 17.8. The minimum Gasteiger partial charge on any atom is -0.457 e. The van der Waals surface area contributed by atoms with Gasteiger partial charge >= 0.3 is 6.03 Å². The van der Waals surface area contributed by atoms with Crippen molar-refractivity contribution in [1.29, 1.82) is 0 Å². The van der Waals surface area contributed by atoms with Crippen LogP contribution in [0.15, 0.2) is 78.9 Å². The van der Waals surface area contributed by atoms with Gasteiger partial charge in [0.05, 0.1) is 0 Å². The average Bonchev–Trinajstić information content (AvgIpc) is 2.66. The normalized spacial score (nSPS) is 10.2. The Bertz CT molecular complexity index is 851. The maximum Gasteiger partial charge on any atom is 0.319 e.